The molecule has 1 saturated heterocycles. The molecular formula is C13H21N3O2. The monoisotopic (exact) mass is 251 g/mol. The van der Waals surface area contributed by atoms with Crippen LogP contribution in [0.1, 0.15) is 11.3 Å². The van der Waals surface area contributed by atoms with Crippen molar-refractivity contribution in [3.8, 4) is 0 Å². The molecule has 1 N–H and O–H groups in total. The summed E-state index contributed by atoms with van der Waals surface area (Å²) in [7, 11) is 3.60. The number of piperazine rings is 1. The zero-order chi connectivity index (χ0) is 13.1. The van der Waals surface area contributed by atoms with Gasteiger partial charge in [0.15, 0.2) is 0 Å². The number of hydrogen-bond donors (Lipinski definition) is 1. The summed E-state index contributed by atoms with van der Waals surface area (Å²) >= 11 is 0. The molecule has 5 heteroatoms. The van der Waals surface area contributed by atoms with Crippen LogP contribution in [0, 0.1) is 6.92 Å². The number of nitrogens with one attached hydrogen (secondary N) is 1. The van der Waals surface area contributed by atoms with Crippen molar-refractivity contribution in [1.29, 1.82) is 0 Å². The van der Waals surface area contributed by atoms with E-state index in [1.54, 1.807) is 25.3 Å². The highest BCUT2D eigenvalue weighted by Gasteiger charge is 2.30. The minimum Gasteiger partial charge on any atom is -0.468 e. The maximum atomic E-state index is 12.1. The van der Waals surface area contributed by atoms with Crippen molar-refractivity contribution < 1.29 is 9.21 Å². The van der Waals surface area contributed by atoms with Gasteiger partial charge in [0.1, 0.15) is 11.8 Å². The Hall–Kier alpha value is -1.33. The summed E-state index contributed by atoms with van der Waals surface area (Å²) in [6.07, 6.45) is 1.70. The molecule has 2 heterocycles. The zero-order valence-electron chi connectivity index (χ0n) is 11.3. The van der Waals surface area contributed by atoms with Crippen molar-refractivity contribution >= 4 is 5.91 Å². The van der Waals surface area contributed by atoms with Gasteiger partial charge in [-0.05, 0) is 18.6 Å². The fourth-order valence-electron chi connectivity index (χ4n) is 2.23. The highest BCUT2D eigenvalue weighted by molar-refractivity contribution is 5.81. The van der Waals surface area contributed by atoms with Gasteiger partial charge in [0.05, 0.1) is 12.8 Å². The van der Waals surface area contributed by atoms with Crippen LogP contribution in [0.5, 0.6) is 0 Å². The van der Waals surface area contributed by atoms with Crippen molar-refractivity contribution in [2.75, 3.05) is 33.7 Å². The minimum absolute atomic E-state index is 0.0988. The second-order valence-corrected chi connectivity index (χ2v) is 4.95. The van der Waals surface area contributed by atoms with E-state index in [2.05, 4.69) is 10.2 Å². The Morgan fingerprint density at radius 3 is 3.00 bits per heavy atom. The predicted octanol–water partition coefficient (Wildman–Crippen LogP) is 0.450. The van der Waals surface area contributed by atoms with Crippen LogP contribution in [0.25, 0.3) is 0 Å². The molecule has 5 nitrogen and oxygen atoms in total. The molecule has 0 aromatic carbocycles. The van der Waals surface area contributed by atoms with Gasteiger partial charge in [0.25, 0.3) is 0 Å². The van der Waals surface area contributed by atoms with E-state index in [4.69, 9.17) is 4.42 Å². The van der Waals surface area contributed by atoms with Gasteiger partial charge in [-0.2, -0.15) is 0 Å². The van der Waals surface area contributed by atoms with Crippen LogP contribution >= 0.6 is 0 Å². The first-order chi connectivity index (χ1) is 8.59. The number of furan rings is 1. The predicted molar refractivity (Wildman–Crippen MR) is 69.2 cm³/mol. The standard InChI is InChI=1S/C13H21N3O2/c1-10-4-7-18-12(10)9-16-6-5-14-8-11(16)13(17)15(2)3/h4,7,11,14H,5-6,8-9H2,1-3H3. The lowest BCUT2D eigenvalue weighted by molar-refractivity contribution is -0.135. The van der Waals surface area contributed by atoms with E-state index in [1.807, 2.05) is 13.0 Å². The van der Waals surface area contributed by atoms with Crippen LogP contribution in [-0.4, -0.2) is 55.5 Å². The third-order valence-corrected chi connectivity index (χ3v) is 3.39. The van der Waals surface area contributed by atoms with E-state index >= 15 is 0 Å². The first-order valence-electron chi connectivity index (χ1n) is 6.28. The lowest BCUT2D eigenvalue weighted by Gasteiger charge is -2.36. The number of likely N-dealkylation sites (N-methyl/N-ethyl adjacent to an activating group) is 1. The second-order valence-electron chi connectivity index (χ2n) is 4.95. The van der Waals surface area contributed by atoms with Crippen molar-refractivity contribution in [1.82, 2.24) is 15.1 Å². The molecule has 1 aliphatic heterocycles. The topological polar surface area (TPSA) is 48.7 Å². The molecule has 0 radical (unpaired) electrons. The lowest BCUT2D eigenvalue weighted by Crippen LogP contribution is -2.57. The number of aryl methyl sites for hydroxylation is 1. The Bertz CT molecular complexity index is 414. The highest BCUT2D eigenvalue weighted by atomic mass is 16.3. The molecule has 1 aliphatic rings. The van der Waals surface area contributed by atoms with E-state index in [1.165, 1.54) is 0 Å². The Morgan fingerprint density at radius 2 is 2.39 bits per heavy atom. The Morgan fingerprint density at radius 1 is 1.61 bits per heavy atom. The fraction of sp³-hybridized carbons (Fsp3) is 0.615. The van der Waals surface area contributed by atoms with Crippen molar-refractivity contribution in [3.05, 3.63) is 23.7 Å². The summed E-state index contributed by atoms with van der Waals surface area (Å²) in [5, 5.41) is 3.28. The van der Waals surface area contributed by atoms with Crippen molar-refractivity contribution in [3.63, 3.8) is 0 Å². The van der Waals surface area contributed by atoms with Crippen LogP contribution in [0.4, 0.5) is 0 Å². The van der Waals surface area contributed by atoms with E-state index in [0.717, 1.165) is 24.4 Å². The summed E-state index contributed by atoms with van der Waals surface area (Å²) < 4.78 is 5.47. The van der Waals surface area contributed by atoms with E-state index in [-0.39, 0.29) is 11.9 Å². The van der Waals surface area contributed by atoms with Gasteiger partial charge < -0.3 is 14.6 Å². The molecular weight excluding hydrogens is 230 g/mol. The van der Waals surface area contributed by atoms with E-state index in [9.17, 15) is 4.79 Å². The first kappa shape index (κ1) is 13.1. The van der Waals surface area contributed by atoms with Gasteiger partial charge in [0, 0.05) is 33.7 Å². The molecule has 18 heavy (non-hydrogen) atoms. The number of nitrogens with zero attached hydrogens (tertiary/aromatic N) is 2. The Balaban J connectivity index is 2.09. The minimum atomic E-state index is -0.0988. The summed E-state index contributed by atoms with van der Waals surface area (Å²) in [5.74, 6) is 1.10. The normalized spacial score (nSPS) is 20.9. The molecule has 100 valence electrons. The third-order valence-electron chi connectivity index (χ3n) is 3.39. The number of rotatable bonds is 3. The number of amides is 1. The van der Waals surface area contributed by atoms with Crippen LogP contribution in [-0.2, 0) is 11.3 Å². The molecule has 1 fully saturated rings. The third kappa shape index (κ3) is 2.73. The summed E-state index contributed by atoms with van der Waals surface area (Å²) in [6.45, 7) is 5.21. The molecule has 1 unspecified atom stereocenters. The number of carbonyl (C=O) groups is 1. The maximum absolute atomic E-state index is 12.1. The van der Waals surface area contributed by atoms with E-state index < -0.39 is 0 Å². The number of hydrogen-bond acceptors (Lipinski definition) is 4. The van der Waals surface area contributed by atoms with Gasteiger partial charge in [0.2, 0.25) is 5.91 Å². The smallest absolute Gasteiger partial charge is 0.240 e. The van der Waals surface area contributed by atoms with E-state index in [0.29, 0.717) is 13.1 Å². The van der Waals surface area contributed by atoms with Gasteiger partial charge in [-0.15, -0.1) is 0 Å². The van der Waals surface area contributed by atoms with Gasteiger partial charge in [-0.25, -0.2) is 0 Å². The van der Waals surface area contributed by atoms with Crippen LogP contribution < -0.4 is 5.32 Å². The Kier molecular flexibility index (Phi) is 4.04. The second kappa shape index (κ2) is 5.54. The van der Waals surface area contributed by atoms with Crippen molar-refractivity contribution in [2.24, 2.45) is 0 Å². The molecule has 1 amide bonds. The zero-order valence-corrected chi connectivity index (χ0v) is 11.3. The highest BCUT2D eigenvalue weighted by Crippen LogP contribution is 2.15. The van der Waals surface area contributed by atoms with Gasteiger partial charge >= 0.3 is 0 Å². The van der Waals surface area contributed by atoms with Gasteiger partial charge in [-0.1, -0.05) is 0 Å². The largest absolute Gasteiger partial charge is 0.468 e. The first-order valence-corrected chi connectivity index (χ1v) is 6.28. The van der Waals surface area contributed by atoms with Crippen LogP contribution in [0.15, 0.2) is 16.7 Å². The Labute approximate surface area is 108 Å². The van der Waals surface area contributed by atoms with Gasteiger partial charge in [-0.3, -0.25) is 9.69 Å². The summed E-state index contributed by atoms with van der Waals surface area (Å²) in [4.78, 5) is 16.0. The molecule has 1 aromatic rings. The lowest BCUT2D eigenvalue weighted by atomic mass is 10.1. The molecule has 2 rings (SSSR count). The quantitative estimate of drug-likeness (QED) is 0.847. The maximum Gasteiger partial charge on any atom is 0.240 e. The molecule has 0 aliphatic carbocycles. The van der Waals surface area contributed by atoms with Crippen LogP contribution in [0.2, 0.25) is 0 Å². The summed E-state index contributed by atoms with van der Waals surface area (Å²) in [5.41, 5.74) is 1.14. The molecule has 0 bridgehead atoms. The van der Waals surface area contributed by atoms with Crippen molar-refractivity contribution in [2.45, 2.75) is 19.5 Å². The molecule has 0 spiro atoms. The SMILES string of the molecule is Cc1ccoc1CN1CCNCC1C(=O)N(C)C. The molecule has 1 atom stereocenters. The number of carbonyl (C=O) groups excluding carboxylic acids is 1. The van der Waals surface area contributed by atoms with Crippen LogP contribution in [0.3, 0.4) is 0 Å². The average molecular weight is 251 g/mol. The molecule has 0 saturated carbocycles. The average Bonchev–Trinajstić information content (AvgIpc) is 2.75. The molecule has 1 aromatic heterocycles. The fourth-order valence-corrected chi connectivity index (χ4v) is 2.23. The summed E-state index contributed by atoms with van der Waals surface area (Å²) in [6, 6.07) is 1.86.